The standard InChI is InChI=1S/C19H29N5O/c1-14(24-11-15(2)25-16(3)12-24)9-21-10-18-13-23(4)22-19(18)17-5-7-20-8-6-17/h5-8,13-16,21H,9-12H2,1-4H3/t14-,15+,16+/m0/s1. The molecule has 3 atom stereocenters. The van der Waals surface area contributed by atoms with Gasteiger partial charge < -0.3 is 10.1 Å². The summed E-state index contributed by atoms with van der Waals surface area (Å²) in [5.41, 5.74) is 3.35. The number of morpholine rings is 1. The number of pyridine rings is 1. The predicted molar refractivity (Wildman–Crippen MR) is 99.2 cm³/mol. The van der Waals surface area contributed by atoms with E-state index in [1.165, 1.54) is 5.56 Å². The minimum atomic E-state index is 0.308. The van der Waals surface area contributed by atoms with Crippen molar-refractivity contribution in [1.82, 2.24) is 25.0 Å². The van der Waals surface area contributed by atoms with Crippen LogP contribution in [0.15, 0.2) is 30.7 Å². The van der Waals surface area contributed by atoms with Crippen molar-refractivity contribution in [3.8, 4) is 11.3 Å². The van der Waals surface area contributed by atoms with Gasteiger partial charge in [-0.1, -0.05) is 0 Å². The van der Waals surface area contributed by atoms with Gasteiger partial charge in [0.2, 0.25) is 0 Å². The molecule has 0 unspecified atom stereocenters. The number of ether oxygens (including phenoxy) is 1. The molecule has 6 nitrogen and oxygen atoms in total. The Morgan fingerprint density at radius 1 is 1.24 bits per heavy atom. The lowest BCUT2D eigenvalue weighted by Crippen LogP contribution is -2.51. The van der Waals surface area contributed by atoms with E-state index < -0.39 is 0 Å². The van der Waals surface area contributed by atoms with E-state index in [0.29, 0.717) is 18.2 Å². The number of hydrogen-bond donors (Lipinski definition) is 1. The lowest BCUT2D eigenvalue weighted by atomic mass is 10.1. The smallest absolute Gasteiger partial charge is 0.0969 e. The molecule has 0 radical (unpaired) electrons. The van der Waals surface area contributed by atoms with Crippen molar-refractivity contribution < 1.29 is 4.74 Å². The molecule has 3 rings (SSSR count). The normalized spacial score (nSPS) is 22.9. The molecule has 0 bridgehead atoms. The summed E-state index contributed by atoms with van der Waals surface area (Å²) in [4.78, 5) is 6.60. The van der Waals surface area contributed by atoms with E-state index in [9.17, 15) is 0 Å². The van der Waals surface area contributed by atoms with E-state index in [0.717, 1.165) is 37.4 Å². The summed E-state index contributed by atoms with van der Waals surface area (Å²) in [5.74, 6) is 0. The molecule has 0 saturated carbocycles. The highest BCUT2D eigenvalue weighted by Crippen LogP contribution is 2.21. The lowest BCUT2D eigenvalue weighted by molar-refractivity contribution is -0.0781. The first-order valence-corrected chi connectivity index (χ1v) is 9.06. The molecule has 0 aliphatic carbocycles. The minimum absolute atomic E-state index is 0.308. The van der Waals surface area contributed by atoms with E-state index in [4.69, 9.17) is 4.74 Å². The highest BCUT2D eigenvalue weighted by molar-refractivity contribution is 5.61. The Morgan fingerprint density at radius 2 is 1.92 bits per heavy atom. The van der Waals surface area contributed by atoms with Crippen LogP contribution in [0.3, 0.4) is 0 Å². The van der Waals surface area contributed by atoms with Gasteiger partial charge in [-0.2, -0.15) is 5.10 Å². The summed E-state index contributed by atoms with van der Waals surface area (Å²) < 4.78 is 7.71. The fraction of sp³-hybridized carbons (Fsp3) is 0.579. The summed E-state index contributed by atoms with van der Waals surface area (Å²) >= 11 is 0. The molecule has 136 valence electrons. The van der Waals surface area contributed by atoms with Crippen LogP contribution in [0.2, 0.25) is 0 Å². The van der Waals surface area contributed by atoms with Crippen LogP contribution in [-0.4, -0.2) is 57.5 Å². The fourth-order valence-corrected chi connectivity index (χ4v) is 3.54. The van der Waals surface area contributed by atoms with Crippen LogP contribution < -0.4 is 5.32 Å². The van der Waals surface area contributed by atoms with Crippen LogP contribution in [0.5, 0.6) is 0 Å². The third-order valence-corrected chi connectivity index (χ3v) is 4.68. The van der Waals surface area contributed by atoms with Crippen LogP contribution in [0, 0.1) is 0 Å². The quantitative estimate of drug-likeness (QED) is 0.870. The maximum atomic E-state index is 5.83. The van der Waals surface area contributed by atoms with Gasteiger partial charge in [-0.05, 0) is 32.9 Å². The SMILES string of the molecule is C[C@@H]1CN([C@@H](C)CNCc2cn(C)nc2-c2ccncc2)C[C@@H](C)O1. The van der Waals surface area contributed by atoms with Crippen molar-refractivity contribution in [2.45, 2.75) is 45.6 Å². The summed E-state index contributed by atoms with van der Waals surface area (Å²) in [6.45, 7) is 10.4. The highest BCUT2D eigenvalue weighted by atomic mass is 16.5. The maximum Gasteiger partial charge on any atom is 0.0969 e. The number of nitrogens with one attached hydrogen (secondary N) is 1. The van der Waals surface area contributed by atoms with E-state index in [1.807, 2.05) is 36.3 Å². The third-order valence-electron chi connectivity index (χ3n) is 4.68. The van der Waals surface area contributed by atoms with E-state index in [-0.39, 0.29) is 0 Å². The topological polar surface area (TPSA) is 55.2 Å². The van der Waals surface area contributed by atoms with Crippen molar-refractivity contribution in [3.63, 3.8) is 0 Å². The zero-order valence-electron chi connectivity index (χ0n) is 15.6. The number of rotatable bonds is 6. The molecule has 25 heavy (non-hydrogen) atoms. The summed E-state index contributed by atoms with van der Waals surface area (Å²) in [6.07, 6.45) is 6.33. The largest absolute Gasteiger partial charge is 0.373 e. The Bertz CT molecular complexity index is 662. The van der Waals surface area contributed by atoms with Gasteiger partial charge in [0.15, 0.2) is 0 Å². The number of hydrogen-bond acceptors (Lipinski definition) is 5. The number of aromatic nitrogens is 3. The average molecular weight is 343 g/mol. The lowest BCUT2D eigenvalue weighted by Gasteiger charge is -2.39. The molecular formula is C19H29N5O. The zero-order chi connectivity index (χ0) is 17.8. The Labute approximate surface area is 150 Å². The molecule has 2 aromatic rings. The molecular weight excluding hydrogens is 314 g/mol. The van der Waals surface area contributed by atoms with Crippen molar-refractivity contribution in [2.24, 2.45) is 7.05 Å². The Hall–Kier alpha value is -1.76. The number of aryl methyl sites for hydroxylation is 1. The summed E-state index contributed by atoms with van der Waals surface area (Å²) in [5, 5.41) is 8.21. The van der Waals surface area contributed by atoms with Gasteiger partial charge in [0, 0.05) is 69.0 Å². The Balaban J connectivity index is 1.57. The molecule has 0 spiro atoms. The van der Waals surface area contributed by atoms with E-state index in [2.05, 4.69) is 47.3 Å². The maximum absolute atomic E-state index is 5.83. The van der Waals surface area contributed by atoms with Gasteiger partial charge in [-0.15, -0.1) is 0 Å². The van der Waals surface area contributed by atoms with Gasteiger partial charge in [-0.3, -0.25) is 14.6 Å². The Kier molecular flexibility index (Phi) is 5.83. The van der Waals surface area contributed by atoms with Gasteiger partial charge >= 0.3 is 0 Å². The molecule has 1 aliphatic rings. The third kappa shape index (κ3) is 4.66. The Morgan fingerprint density at radius 3 is 2.60 bits per heavy atom. The zero-order valence-corrected chi connectivity index (χ0v) is 15.6. The summed E-state index contributed by atoms with van der Waals surface area (Å²) in [7, 11) is 1.97. The van der Waals surface area contributed by atoms with Crippen molar-refractivity contribution >= 4 is 0 Å². The van der Waals surface area contributed by atoms with Gasteiger partial charge in [0.25, 0.3) is 0 Å². The van der Waals surface area contributed by atoms with Crippen LogP contribution >= 0.6 is 0 Å². The number of nitrogens with zero attached hydrogens (tertiary/aromatic N) is 4. The minimum Gasteiger partial charge on any atom is -0.373 e. The molecule has 2 aromatic heterocycles. The molecule has 1 N–H and O–H groups in total. The first-order chi connectivity index (χ1) is 12.0. The van der Waals surface area contributed by atoms with Crippen molar-refractivity contribution in [3.05, 3.63) is 36.3 Å². The second-order valence-electron chi connectivity index (χ2n) is 7.10. The van der Waals surface area contributed by atoms with Gasteiger partial charge in [-0.25, -0.2) is 0 Å². The molecule has 0 amide bonds. The van der Waals surface area contributed by atoms with Crippen LogP contribution in [0.4, 0.5) is 0 Å². The predicted octanol–water partition coefficient (Wildman–Crippen LogP) is 2.07. The molecule has 1 aliphatic heterocycles. The van der Waals surface area contributed by atoms with Crippen LogP contribution in [0.1, 0.15) is 26.3 Å². The van der Waals surface area contributed by atoms with E-state index in [1.54, 1.807) is 0 Å². The highest BCUT2D eigenvalue weighted by Gasteiger charge is 2.25. The van der Waals surface area contributed by atoms with Gasteiger partial charge in [0.05, 0.1) is 17.9 Å². The van der Waals surface area contributed by atoms with Crippen LogP contribution in [-0.2, 0) is 18.3 Å². The van der Waals surface area contributed by atoms with Crippen molar-refractivity contribution in [2.75, 3.05) is 19.6 Å². The molecule has 0 aromatic carbocycles. The first-order valence-electron chi connectivity index (χ1n) is 9.06. The molecule has 6 heteroatoms. The average Bonchev–Trinajstić information content (AvgIpc) is 2.95. The second kappa shape index (κ2) is 8.08. The molecule has 1 fully saturated rings. The fourth-order valence-electron chi connectivity index (χ4n) is 3.54. The monoisotopic (exact) mass is 343 g/mol. The summed E-state index contributed by atoms with van der Waals surface area (Å²) in [6, 6.07) is 4.49. The van der Waals surface area contributed by atoms with Gasteiger partial charge in [0.1, 0.15) is 0 Å². The first kappa shape index (κ1) is 18.0. The second-order valence-corrected chi connectivity index (χ2v) is 7.10. The molecule has 1 saturated heterocycles. The van der Waals surface area contributed by atoms with E-state index >= 15 is 0 Å². The van der Waals surface area contributed by atoms with Crippen molar-refractivity contribution in [1.29, 1.82) is 0 Å². The molecule has 3 heterocycles. The van der Waals surface area contributed by atoms with Crippen LogP contribution in [0.25, 0.3) is 11.3 Å².